The Morgan fingerprint density at radius 3 is 2.54 bits per heavy atom. The van der Waals surface area contributed by atoms with Crippen LogP contribution in [0.5, 0.6) is 0 Å². The van der Waals surface area contributed by atoms with Crippen LogP contribution in [0.3, 0.4) is 0 Å². The summed E-state index contributed by atoms with van der Waals surface area (Å²) in [6, 6.07) is 14.0. The van der Waals surface area contributed by atoms with E-state index in [1.165, 1.54) is 17.3 Å². The molecule has 5 rings (SSSR count). The Balaban J connectivity index is 1.45. The van der Waals surface area contributed by atoms with Gasteiger partial charge >= 0.3 is 0 Å². The molecule has 0 saturated carbocycles. The van der Waals surface area contributed by atoms with Gasteiger partial charge in [0.2, 0.25) is 0 Å². The van der Waals surface area contributed by atoms with Crippen LogP contribution in [0.15, 0.2) is 58.4 Å². The Morgan fingerprint density at radius 1 is 1.05 bits per heavy atom. The molecular weight excluding hydrogens is 502 g/mol. The van der Waals surface area contributed by atoms with Crippen LogP contribution in [0.4, 0.5) is 5.82 Å². The van der Waals surface area contributed by atoms with Crippen LogP contribution in [-0.2, 0) is 11.2 Å². The number of hydrogen-bond donors (Lipinski definition) is 0. The van der Waals surface area contributed by atoms with Crippen molar-refractivity contribution in [3.05, 3.63) is 80.6 Å². The van der Waals surface area contributed by atoms with Crippen LogP contribution in [0.2, 0.25) is 0 Å². The van der Waals surface area contributed by atoms with E-state index in [1.807, 2.05) is 37.3 Å². The minimum Gasteiger partial charge on any atom is -0.353 e. The number of amides is 1. The van der Waals surface area contributed by atoms with E-state index in [4.69, 9.17) is 17.2 Å². The highest BCUT2D eigenvalue weighted by Gasteiger charge is 2.33. The summed E-state index contributed by atoms with van der Waals surface area (Å²) in [5.74, 6) is 0.503. The molecule has 4 heterocycles. The molecule has 37 heavy (non-hydrogen) atoms. The lowest BCUT2D eigenvalue weighted by atomic mass is 10.1. The smallest absolute Gasteiger partial charge is 0.267 e. The lowest BCUT2D eigenvalue weighted by Crippen LogP contribution is -2.47. The zero-order valence-corrected chi connectivity index (χ0v) is 22.9. The average molecular weight is 534 g/mol. The number of aromatic nitrogens is 2. The number of hydrogen-bond acceptors (Lipinski definition) is 7. The maximum absolute atomic E-state index is 13.7. The summed E-state index contributed by atoms with van der Waals surface area (Å²) >= 11 is 6.83. The number of nitrogens with zero attached hydrogens (tertiary/aromatic N) is 5. The first kappa shape index (κ1) is 25.6. The highest BCUT2D eigenvalue weighted by molar-refractivity contribution is 8.26. The molecule has 3 aromatic rings. The van der Waals surface area contributed by atoms with Crippen molar-refractivity contribution in [2.45, 2.75) is 26.7 Å². The monoisotopic (exact) mass is 533 g/mol. The minimum absolute atomic E-state index is 0.140. The van der Waals surface area contributed by atoms with Gasteiger partial charge in [0.25, 0.3) is 11.5 Å². The molecular formula is C28H31N5O2S2. The maximum atomic E-state index is 13.7. The molecule has 2 aromatic heterocycles. The van der Waals surface area contributed by atoms with Gasteiger partial charge in [0, 0.05) is 38.9 Å². The van der Waals surface area contributed by atoms with Gasteiger partial charge in [-0.15, -0.1) is 0 Å². The molecule has 2 aliphatic rings. The second-order valence-corrected chi connectivity index (χ2v) is 11.1. The van der Waals surface area contributed by atoms with Crippen LogP contribution >= 0.6 is 24.0 Å². The van der Waals surface area contributed by atoms with Crippen molar-refractivity contribution in [2.75, 3.05) is 44.2 Å². The van der Waals surface area contributed by atoms with Gasteiger partial charge in [-0.05, 0) is 49.6 Å². The molecule has 0 radical (unpaired) electrons. The number of aryl methyl sites for hydroxylation is 2. The normalized spacial score (nSPS) is 17.9. The fraction of sp³-hybridized carbons (Fsp3) is 0.357. The Labute approximate surface area is 226 Å². The predicted molar refractivity (Wildman–Crippen MR) is 155 cm³/mol. The molecule has 0 N–H and O–H groups in total. The van der Waals surface area contributed by atoms with E-state index < -0.39 is 0 Å². The maximum Gasteiger partial charge on any atom is 0.267 e. The Bertz CT molecular complexity index is 1410. The van der Waals surface area contributed by atoms with Crippen molar-refractivity contribution in [1.82, 2.24) is 19.2 Å². The number of carbonyl (C=O) groups excluding carboxylic acids is 1. The third kappa shape index (κ3) is 5.35. The molecule has 0 spiro atoms. The highest BCUT2D eigenvalue weighted by Crippen LogP contribution is 2.34. The van der Waals surface area contributed by atoms with Gasteiger partial charge in [-0.3, -0.25) is 18.9 Å². The van der Waals surface area contributed by atoms with Gasteiger partial charge < -0.3 is 9.80 Å². The number of piperazine rings is 1. The Hall–Kier alpha value is -3.01. The number of rotatable bonds is 7. The van der Waals surface area contributed by atoms with Crippen molar-refractivity contribution in [3.63, 3.8) is 0 Å². The van der Waals surface area contributed by atoms with Crippen LogP contribution in [0, 0.1) is 6.92 Å². The number of likely N-dealkylation sites (N-methyl/N-ethyl adjacent to an activating group) is 1. The summed E-state index contributed by atoms with van der Waals surface area (Å²) in [6.07, 6.45) is 5.14. The zero-order chi connectivity index (χ0) is 25.9. The SMILES string of the molecule is CCN1CCN(c2nc3c(C)cccn3c(=O)c2/C=C2\SC(=S)N(CCCc3ccccc3)C2=O)CC1. The van der Waals surface area contributed by atoms with E-state index in [1.54, 1.807) is 21.6 Å². The lowest BCUT2D eigenvalue weighted by Gasteiger charge is -2.35. The molecule has 1 amide bonds. The summed E-state index contributed by atoms with van der Waals surface area (Å²) in [5.41, 5.74) is 3.09. The van der Waals surface area contributed by atoms with Gasteiger partial charge in [0.1, 0.15) is 15.8 Å². The van der Waals surface area contributed by atoms with Crippen LogP contribution in [-0.4, -0.2) is 68.7 Å². The third-order valence-electron chi connectivity index (χ3n) is 7.02. The molecule has 7 nitrogen and oxygen atoms in total. The van der Waals surface area contributed by atoms with E-state index in [0.29, 0.717) is 32.8 Å². The molecule has 0 atom stereocenters. The first-order valence-corrected chi connectivity index (χ1v) is 14.0. The largest absolute Gasteiger partial charge is 0.353 e. The van der Waals surface area contributed by atoms with Crippen molar-refractivity contribution in [1.29, 1.82) is 0 Å². The van der Waals surface area contributed by atoms with Gasteiger partial charge in [0.15, 0.2) is 0 Å². The molecule has 2 fully saturated rings. The van der Waals surface area contributed by atoms with Crippen LogP contribution in [0.25, 0.3) is 11.7 Å². The standard InChI is InChI=1S/C28H31N5O2S2/c1-3-30-15-17-31(18-16-30)25-22(26(34)32-13-7-9-20(2)24(32)29-25)19-23-27(35)33(28(36)37-23)14-8-12-21-10-5-4-6-11-21/h4-7,9-11,13,19H,3,8,12,14-18H2,1-2H3/b23-19-. The molecule has 0 aliphatic carbocycles. The predicted octanol–water partition coefficient (Wildman–Crippen LogP) is 3.98. The summed E-state index contributed by atoms with van der Waals surface area (Å²) in [5, 5.41) is 0. The van der Waals surface area contributed by atoms with Gasteiger partial charge in [-0.2, -0.15) is 0 Å². The second kappa shape index (κ2) is 11.2. The van der Waals surface area contributed by atoms with Crippen LogP contribution < -0.4 is 10.5 Å². The highest BCUT2D eigenvalue weighted by atomic mass is 32.2. The van der Waals surface area contributed by atoms with Gasteiger partial charge in [-0.1, -0.05) is 67.3 Å². The van der Waals surface area contributed by atoms with Crippen molar-refractivity contribution in [2.24, 2.45) is 0 Å². The molecule has 0 unspecified atom stereocenters. The number of carbonyl (C=O) groups is 1. The lowest BCUT2D eigenvalue weighted by molar-refractivity contribution is -0.122. The Kier molecular flexibility index (Phi) is 7.73. The third-order valence-corrected chi connectivity index (χ3v) is 8.40. The zero-order valence-electron chi connectivity index (χ0n) is 21.2. The molecule has 2 saturated heterocycles. The minimum atomic E-state index is -0.170. The summed E-state index contributed by atoms with van der Waals surface area (Å²) in [6.45, 7) is 9.06. The fourth-order valence-electron chi connectivity index (χ4n) is 4.85. The van der Waals surface area contributed by atoms with E-state index >= 15 is 0 Å². The topological polar surface area (TPSA) is 61.2 Å². The van der Waals surface area contributed by atoms with E-state index in [2.05, 4.69) is 28.9 Å². The summed E-state index contributed by atoms with van der Waals surface area (Å²) < 4.78 is 2.11. The van der Waals surface area contributed by atoms with E-state index in [0.717, 1.165) is 51.1 Å². The summed E-state index contributed by atoms with van der Waals surface area (Å²) in [7, 11) is 0. The van der Waals surface area contributed by atoms with Crippen molar-refractivity contribution >= 4 is 51.7 Å². The molecule has 2 aliphatic heterocycles. The number of thioether (sulfide) groups is 1. The quantitative estimate of drug-likeness (QED) is 0.336. The molecule has 0 bridgehead atoms. The van der Waals surface area contributed by atoms with Gasteiger partial charge in [0.05, 0.1) is 10.5 Å². The van der Waals surface area contributed by atoms with Gasteiger partial charge in [-0.25, -0.2) is 4.98 Å². The summed E-state index contributed by atoms with van der Waals surface area (Å²) in [4.78, 5) is 38.7. The van der Waals surface area contributed by atoms with Crippen molar-refractivity contribution in [3.8, 4) is 0 Å². The molecule has 9 heteroatoms. The number of thiocarbonyl (C=S) groups is 1. The first-order chi connectivity index (χ1) is 18.0. The average Bonchev–Trinajstić information content (AvgIpc) is 3.18. The molecule has 1 aromatic carbocycles. The second-order valence-electron chi connectivity index (χ2n) is 9.38. The fourth-order valence-corrected chi connectivity index (χ4v) is 6.14. The van der Waals surface area contributed by atoms with Crippen molar-refractivity contribution < 1.29 is 4.79 Å². The van der Waals surface area contributed by atoms with E-state index in [-0.39, 0.29) is 11.5 Å². The first-order valence-electron chi connectivity index (χ1n) is 12.7. The number of anilines is 1. The molecule has 192 valence electrons. The van der Waals surface area contributed by atoms with E-state index in [9.17, 15) is 9.59 Å². The number of fused-ring (bicyclic) bond motifs is 1. The number of pyridine rings is 1. The van der Waals surface area contributed by atoms with Crippen LogP contribution in [0.1, 0.15) is 30.0 Å². The number of benzene rings is 1. The Morgan fingerprint density at radius 2 is 1.81 bits per heavy atom.